The van der Waals surface area contributed by atoms with E-state index in [2.05, 4.69) is 10.2 Å². The van der Waals surface area contributed by atoms with Gasteiger partial charge in [-0.3, -0.25) is 0 Å². The fraction of sp³-hybridized carbons (Fsp3) is 0.278. The molecule has 0 saturated carbocycles. The van der Waals surface area contributed by atoms with Gasteiger partial charge in [-0.2, -0.15) is 0 Å². The number of nitrogen functional groups attached to an aromatic ring is 1. The van der Waals surface area contributed by atoms with Crippen molar-refractivity contribution in [3.05, 3.63) is 53.1 Å². The second-order valence-corrected chi connectivity index (χ2v) is 6.41. The first-order valence-corrected chi connectivity index (χ1v) is 8.52. The van der Waals surface area contributed by atoms with Gasteiger partial charge in [0, 0.05) is 37.7 Å². The Hall–Kier alpha value is -2.60. The van der Waals surface area contributed by atoms with Crippen LogP contribution in [0.2, 0.25) is 5.02 Å². The van der Waals surface area contributed by atoms with Gasteiger partial charge in [0.2, 0.25) is 0 Å². The van der Waals surface area contributed by atoms with Crippen LogP contribution in [0.15, 0.2) is 42.5 Å². The molecule has 0 aromatic heterocycles. The van der Waals surface area contributed by atoms with Crippen molar-refractivity contribution in [2.45, 2.75) is 6.54 Å². The van der Waals surface area contributed by atoms with Crippen molar-refractivity contribution in [3.63, 3.8) is 0 Å². The van der Waals surface area contributed by atoms with Crippen LogP contribution in [0, 0.1) is 0 Å². The number of carbonyl (C=O) groups is 1. The largest absolute Gasteiger partial charge is 0.465 e. The highest BCUT2D eigenvalue weighted by atomic mass is 35.5. The van der Waals surface area contributed by atoms with E-state index in [1.165, 1.54) is 4.90 Å². The summed E-state index contributed by atoms with van der Waals surface area (Å²) in [5.74, 6) is 0. The zero-order valence-corrected chi connectivity index (χ0v) is 14.5. The summed E-state index contributed by atoms with van der Waals surface area (Å²) in [6.45, 7) is 2.85. The van der Waals surface area contributed by atoms with Gasteiger partial charge in [-0.15, -0.1) is 0 Å². The van der Waals surface area contributed by atoms with E-state index in [0.717, 1.165) is 16.9 Å². The van der Waals surface area contributed by atoms with Crippen LogP contribution in [-0.2, 0) is 6.54 Å². The molecule has 1 aliphatic rings. The summed E-state index contributed by atoms with van der Waals surface area (Å²) in [5.41, 5.74) is 9.88. The Morgan fingerprint density at radius 1 is 1.16 bits per heavy atom. The lowest BCUT2D eigenvalue weighted by Crippen LogP contribution is -2.48. The minimum Gasteiger partial charge on any atom is -0.465 e. The number of carboxylic acid groups (broad SMARTS) is 1. The number of halogens is 1. The summed E-state index contributed by atoms with van der Waals surface area (Å²) in [5, 5.41) is 13.1. The van der Waals surface area contributed by atoms with Crippen LogP contribution < -0.4 is 16.0 Å². The molecule has 2 aromatic rings. The van der Waals surface area contributed by atoms with E-state index < -0.39 is 6.09 Å². The van der Waals surface area contributed by atoms with Crippen molar-refractivity contribution in [2.24, 2.45) is 0 Å². The van der Waals surface area contributed by atoms with E-state index in [1.54, 1.807) is 0 Å². The van der Waals surface area contributed by atoms with Crippen LogP contribution in [-0.4, -0.2) is 42.3 Å². The van der Waals surface area contributed by atoms with Crippen LogP contribution in [0.1, 0.15) is 5.56 Å². The number of nitrogens with zero attached hydrogens (tertiary/aromatic N) is 2. The van der Waals surface area contributed by atoms with E-state index in [0.29, 0.717) is 43.4 Å². The Balaban J connectivity index is 1.69. The molecule has 1 saturated heterocycles. The molecule has 3 rings (SSSR count). The first-order valence-electron chi connectivity index (χ1n) is 8.14. The molecule has 132 valence electrons. The maximum absolute atomic E-state index is 11.0. The minimum absolute atomic E-state index is 0.481. The van der Waals surface area contributed by atoms with E-state index in [1.807, 2.05) is 42.5 Å². The summed E-state index contributed by atoms with van der Waals surface area (Å²) in [7, 11) is 0. The number of para-hydroxylation sites is 1. The van der Waals surface area contributed by atoms with Crippen LogP contribution in [0.4, 0.5) is 21.9 Å². The smallest absolute Gasteiger partial charge is 0.407 e. The van der Waals surface area contributed by atoms with Crippen molar-refractivity contribution in [2.75, 3.05) is 42.1 Å². The van der Waals surface area contributed by atoms with E-state index in [9.17, 15) is 4.79 Å². The van der Waals surface area contributed by atoms with E-state index in [-0.39, 0.29) is 0 Å². The van der Waals surface area contributed by atoms with E-state index in [4.69, 9.17) is 22.4 Å². The molecule has 1 aliphatic heterocycles. The summed E-state index contributed by atoms with van der Waals surface area (Å²) in [4.78, 5) is 14.6. The van der Waals surface area contributed by atoms with Crippen LogP contribution in [0.3, 0.4) is 0 Å². The van der Waals surface area contributed by atoms with Gasteiger partial charge >= 0.3 is 6.09 Å². The van der Waals surface area contributed by atoms with Crippen molar-refractivity contribution < 1.29 is 9.90 Å². The molecule has 0 aliphatic carbocycles. The molecule has 1 amide bonds. The Morgan fingerprint density at radius 2 is 1.88 bits per heavy atom. The lowest BCUT2D eigenvalue weighted by Gasteiger charge is -2.35. The second kappa shape index (κ2) is 7.53. The Bertz CT molecular complexity index is 760. The van der Waals surface area contributed by atoms with Gasteiger partial charge in [0.25, 0.3) is 0 Å². The van der Waals surface area contributed by atoms with Crippen molar-refractivity contribution in [1.29, 1.82) is 0 Å². The number of hydrogen-bond acceptors (Lipinski definition) is 4. The van der Waals surface area contributed by atoms with Crippen molar-refractivity contribution in [1.82, 2.24) is 4.90 Å². The van der Waals surface area contributed by atoms with Gasteiger partial charge in [-0.25, -0.2) is 4.79 Å². The van der Waals surface area contributed by atoms with Gasteiger partial charge in [0.15, 0.2) is 0 Å². The van der Waals surface area contributed by atoms with Gasteiger partial charge in [0.1, 0.15) is 0 Å². The van der Waals surface area contributed by atoms with E-state index >= 15 is 0 Å². The molecular weight excluding hydrogens is 340 g/mol. The van der Waals surface area contributed by atoms with Crippen LogP contribution in [0.25, 0.3) is 0 Å². The SMILES string of the molecule is Nc1c(NCc2cccc(Cl)c2)cccc1N1CCN(C(=O)O)CC1. The third kappa shape index (κ3) is 4.09. The summed E-state index contributed by atoms with van der Waals surface area (Å²) in [6.07, 6.45) is -0.871. The molecule has 0 spiro atoms. The monoisotopic (exact) mass is 360 g/mol. The third-order valence-electron chi connectivity index (χ3n) is 4.35. The minimum atomic E-state index is -0.871. The first-order chi connectivity index (χ1) is 12.0. The molecule has 2 aromatic carbocycles. The molecule has 0 unspecified atom stereocenters. The molecule has 4 N–H and O–H groups in total. The highest BCUT2D eigenvalue weighted by molar-refractivity contribution is 6.30. The van der Waals surface area contributed by atoms with Gasteiger partial charge in [-0.05, 0) is 29.8 Å². The quantitative estimate of drug-likeness (QED) is 0.728. The summed E-state index contributed by atoms with van der Waals surface area (Å²) in [6, 6.07) is 13.5. The molecule has 1 fully saturated rings. The fourth-order valence-corrected chi connectivity index (χ4v) is 3.18. The predicted molar refractivity (Wildman–Crippen MR) is 101 cm³/mol. The average molecular weight is 361 g/mol. The number of amides is 1. The van der Waals surface area contributed by atoms with Gasteiger partial charge in [-0.1, -0.05) is 29.8 Å². The highest BCUT2D eigenvalue weighted by Crippen LogP contribution is 2.31. The number of hydrogen-bond donors (Lipinski definition) is 3. The summed E-state index contributed by atoms with van der Waals surface area (Å²) >= 11 is 6.01. The predicted octanol–water partition coefficient (Wildman–Crippen LogP) is 3.33. The molecule has 1 heterocycles. The lowest BCUT2D eigenvalue weighted by molar-refractivity contribution is 0.142. The van der Waals surface area contributed by atoms with Crippen LogP contribution in [0.5, 0.6) is 0 Å². The number of anilines is 3. The van der Waals surface area contributed by atoms with Crippen molar-refractivity contribution >= 4 is 34.8 Å². The molecule has 7 heteroatoms. The maximum atomic E-state index is 11.0. The Morgan fingerprint density at radius 3 is 2.56 bits per heavy atom. The lowest BCUT2D eigenvalue weighted by atomic mass is 10.1. The molecule has 0 radical (unpaired) electrons. The first kappa shape index (κ1) is 17.2. The molecule has 0 bridgehead atoms. The van der Waals surface area contributed by atoms with Crippen LogP contribution >= 0.6 is 11.6 Å². The number of piperazine rings is 1. The third-order valence-corrected chi connectivity index (χ3v) is 4.58. The fourth-order valence-electron chi connectivity index (χ4n) is 2.97. The standard InChI is InChI=1S/C18H21ClN4O2/c19-14-4-1-3-13(11-14)12-21-15-5-2-6-16(17(15)20)22-7-9-23(10-8-22)18(24)25/h1-6,11,21H,7-10,12,20H2,(H,24,25). The molecule has 6 nitrogen and oxygen atoms in total. The second-order valence-electron chi connectivity index (χ2n) is 5.98. The Labute approximate surface area is 151 Å². The van der Waals surface area contributed by atoms with Gasteiger partial charge < -0.3 is 26.0 Å². The zero-order chi connectivity index (χ0) is 17.8. The number of benzene rings is 2. The number of nitrogens with two attached hydrogens (primary N) is 1. The normalized spacial score (nSPS) is 14.4. The van der Waals surface area contributed by atoms with Crippen molar-refractivity contribution in [3.8, 4) is 0 Å². The summed E-state index contributed by atoms with van der Waals surface area (Å²) < 4.78 is 0. The zero-order valence-electron chi connectivity index (χ0n) is 13.8. The molecular formula is C18H21ClN4O2. The molecule has 0 atom stereocenters. The number of nitrogens with one attached hydrogen (secondary N) is 1. The topological polar surface area (TPSA) is 81.8 Å². The van der Waals surface area contributed by atoms with Gasteiger partial charge in [0.05, 0.1) is 17.1 Å². The molecule has 25 heavy (non-hydrogen) atoms. The average Bonchev–Trinajstić information content (AvgIpc) is 2.61. The number of rotatable bonds is 4. The maximum Gasteiger partial charge on any atom is 0.407 e. The Kier molecular flexibility index (Phi) is 5.19. The highest BCUT2D eigenvalue weighted by Gasteiger charge is 2.22.